The predicted octanol–water partition coefficient (Wildman–Crippen LogP) is 11.1. The molecule has 3 aromatic rings. The molecule has 3 aromatic heterocycles. The second kappa shape index (κ2) is 16.6. The highest BCUT2D eigenvalue weighted by Crippen LogP contribution is 2.38. The molecule has 37 heavy (non-hydrogen) atoms. The highest BCUT2D eigenvalue weighted by molar-refractivity contribution is 9.11. The molecule has 0 saturated carbocycles. The minimum absolute atomic E-state index is 0.130. The van der Waals surface area contributed by atoms with Gasteiger partial charge in [0.05, 0.1) is 0 Å². The normalized spacial score (nSPS) is 12.6. The third-order valence-electron chi connectivity index (χ3n) is 7.49. The van der Waals surface area contributed by atoms with Gasteiger partial charge in [0.25, 0.3) is 11.1 Å². The van der Waals surface area contributed by atoms with E-state index in [0.29, 0.717) is 21.9 Å². The zero-order valence-corrected chi connectivity index (χ0v) is 27.4. The first-order chi connectivity index (χ1) is 18.0. The van der Waals surface area contributed by atoms with E-state index in [4.69, 9.17) is 0 Å². The van der Waals surface area contributed by atoms with Crippen molar-refractivity contribution in [3.05, 3.63) is 40.4 Å². The predicted molar refractivity (Wildman–Crippen MR) is 172 cm³/mol. The van der Waals surface area contributed by atoms with E-state index in [0.717, 1.165) is 32.6 Å². The maximum Gasteiger partial charge on any atom is 0.271 e. The molecule has 3 nitrogen and oxygen atoms in total. The van der Waals surface area contributed by atoms with Crippen LogP contribution in [0.15, 0.2) is 29.3 Å². The van der Waals surface area contributed by atoms with Gasteiger partial charge >= 0.3 is 0 Å². The summed E-state index contributed by atoms with van der Waals surface area (Å²) in [4.78, 5) is 27.4. The Balaban J connectivity index is 1.78. The first-order valence-corrected chi connectivity index (χ1v) is 17.7. The van der Waals surface area contributed by atoms with Crippen molar-refractivity contribution in [2.45, 2.75) is 123 Å². The number of hydrogen-bond acceptors (Lipinski definition) is 4. The Bertz CT molecular complexity index is 1160. The minimum atomic E-state index is -0.130. The quantitative estimate of drug-likeness (QED) is 0.126. The first-order valence-electron chi connectivity index (χ1n) is 14.4. The highest BCUT2D eigenvalue weighted by atomic mass is 79.9. The number of rotatable bonds is 18. The van der Waals surface area contributed by atoms with Crippen LogP contribution in [0.2, 0.25) is 0 Å². The molecule has 0 saturated heterocycles. The summed E-state index contributed by atoms with van der Waals surface area (Å²) in [6.07, 6.45) is 20.3. The van der Waals surface area contributed by atoms with Crippen molar-refractivity contribution in [1.29, 1.82) is 0 Å². The van der Waals surface area contributed by atoms with E-state index in [9.17, 15) is 9.59 Å². The summed E-state index contributed by atoms with van der Waals surface area (Å²) in [5.41, 5.74) is -0.260. The van der Waals surface area contributed by atoms with E-state index in [1.807, 2.05) is 10.8 Å². The van der Waals surface area contributed by atoms with Crippen molar-refractivity contribution in [3.63, 3.8) is 0 Å². The molecule has 0 amide bonds. The van der Waals surface area contributed by atoms with E-state index < -0.39 is 0 Å². The van der Waals surface area contributed by atoms with Crippen LogP contribution in [0.3, 0.4) is 0 Å². The third kappa shape index (κ3) is 8.74. The molecule has 0 aliphatic rings. The zero-order chi connectivity index (χ0) is 26.6. The number of nitrogens with zero attached hydrogens (tertiary/aromatic N) is 1. The molecule has 0 spiro atoms. The van der Waals surface area contributed by atoms with Crippen molar-refractivity contribution < 1.29 is 0 Å². The molecule has 0 N–H and O–H groups in total. The Kier molecular flexibility index (Phi) is 13.9. The average molecular weight is 674 g/mol. The SMILES string of the molecule is CCCCCCCCCCC(CCCCCCCC)Cn1c(=O)c2scc(Br)c2c2c(Br)csc2c1=O. The summed E-state index contributed by atoms with van der Waals surface area (Å²) in [5, 5.41) is 5.67. The van der Waals surface area contributed by atoms with Gasteiger partial charge in [-0.25, -0.2) is 0 Å². The van der Waals surface area contributed by atoms with Crippen molar-refractivity contribution in [2.75, 3.05) is 0 Å². The van der Waals surface area contributed by atoms with Gasteiger partial charge in [-0.05, 0) is 50.6 Å². The van der Waals surface area contributed by atoms with Crippen molar-refractivity contribution in [2.24, 2.45) is 5.92 Å². The standard InChI is InChI=1S/C30H43Br2NO2S2/c1-3-5-7-9-11-12-14-16-18-22(17-15-13-10-8-6-4-2)19-33-29(34)27-25(23(31)20-36-27)26-24(32)21-37-28(26)30(33)35/h20-22H,3-19H2,1-2H3. The Labute approximate surface area is 247 Å². The average Bonchev–Trinajstić information content (AvgIpc) is 3.43. The molecule has 0 aromatic carbocycles. The lowest BCUT2D eigenvalue weighted by molar-refractivity contribution is 0.351. The van der Waals surface area contributed by atoms with Crippen molar-refractivity contribution >= 4 is 74.7 Å². The first kappa shape index (κ1) is 31.0. The fourth-order valence-corrected chi connectivity index (χ4v) is 8.70. The van der Waals surface area contributed by atoms with E-state index in [1.165, 1.54) is 113 Å². The third-order valence-corrected chi connectivity index (χ3v) is 11.3. The van der Waals surface area contributed by atoms with Crippen LogP contribution in [0, 0.1) is 5.92 Å². The van der Waals surface area contributed by atoms with Crippen LogP contribution in [-0.2, 0) is 6.54 Å². The van der Waals surface area contributed by atoms with Gasteiger partial charge in [-0.2, -0.15) is 0 Å². The van der Waals surface area contributed by atoms with E-state index >= 15 is 0 Å². The van der Waals surface area contributed by atoms with Gasteiger partial charge in [0.2, 0.25) is 0 Å². The zero-order valence-electron chi connectivity index (χ0n) is 22.6. The monoisotopic (exact) mass is 671 g/mol. The topological polar surface area (TPSA) is 39.1 Å². The van der Waals surface area contributed by atoms with Gasteiger partial charge in [0.1, 0.15) is 9.40 Å². The summed E-state index contributed by atoms with van der Waals surface area (Å²) in [5.74, 6) is 0.371. The van der Waals surface area contributed by atoms with Crippen LogP contribution in [-0.4, -0.2) is 4.57 Å². The van der Waals surface area contributed by atoms with Gasteiger partial charge in [0.15, 0.2) is 0 Å². The molecule has 0 radical (unpaired) electrons. The fraction of sp³-hybridized carbons (Fsp3) is 0.667. The molecule has 3 rings (SSSR count). The molecule has 0 bridgehead atoms. The molecular formula is C30H43Br2NO2S2. The van der Waals surface area contributed by atoms with Crippen LogP contribution in [0.5, 0.6) is 0 Å². The highest BCUT2D eigenvalue weighted by Gasteiger charge is 2.20. The summed E-state index contributed by atoms with van der Waals surface area (Å²) >= 11 is 10.1. The molecular weight excluding hydrogens is 630 g/mol. The van der Waals surface area contributed by atoms with Gasteiger partial charge in [0, 0.05) is 37.0 Å². The maximum absolute atomic E-state index is 13.7. The fourth-order valence-electron chi connectivity index (χ4n) is 5.32. The summed E-state index contributed by atoms with van der Waals surface area (Å²) in [7, 11) is 0. The molecule has 206 valence electrons. The smallest absolute Gasteiger partial charge is 0.271 e. The largest absolute Gasteiger partial charge is 0.273 e. The lowest BCUT2D eigenvalue weighted by Gasteiger charge is -2.17. The molecule has 3 heterocycles. The number of fused-ring (bicyclic) bond motifs is 3. The lowest BCUT2D eigenvalue weighted by Crippen LogP contribution is -2.32. The Morgan fingerprint density at radius 1 is 0.649 bits per heavy atom. The molecule has 1 atom stereocenters. The minimum Gasteiger partial charge on any atom is -0.273 e. The van der Waals surface area contributed by atoms with Gasteiger partial charge in [-0.15, -0.1) is 22.7 Å². The van der Waals surface area contributed by atoms with Crippen molar-refractivity contribution in [1.82, 2.24) is 4.57 Å². The number of hydrogen-bond donors (Lipinski definition) is 0. The van der Waals surface area contributed by atoms with Crippen LogP contribution < -0.4 is 11.1 Å². The number of unbranched alkanes of at least 4 members (excludes halogenated alkanes) is 12. The number of halogens is 2. The van der Waals surface area contributed by atoms with Gasteiger partial charge in [-0.1, -0.05) is 104 Å². The summed E-state index contributed by atoms with van der Waals surface area (Å²) < 4.78 is 4.69. The summed E-state index contributed by atoms with van der Waals surface area (Å²) in [6, 6.07) is 0. The van der Waals surface area contributed by atoms with Crippen LogP contribution in [0.4, 0.5) is 0 Å². The molecule has 0 fully saturated rings. The lowest BCUT2D eigenvalue weighted by atomic mass is 9.94. The van der Waals surface area contributed by atoms with Gasteiger partial charge in [-0.3, -0.25) is 14.2 Å². The van der Waals surface area contributed by atoms with Gasteiger partial charge < -0.3 is 0 Å². The van der Waals surface area contributed by atoms with E-state index in [2.05, 4.69) is 45.7 Å². The molecule has 0 aliphatic carbocycles. The van der Waals surface area contributed by atoms with Crippen LogP contribution >= 0.6 is 54.5 Å². The number of aromatic nitrogens is 1. The molecule has 1 unspecified atom stereocenters. The van der Waals surface area contributed by atoms with E-state index in [1.54, 1.807) is 4.57 Å². The van der Waals surface area contributed by atoms with Crippen LogP contribution in [0.1, 0.15) is 117 Å². The number of thiophene rings is 2. The Morgan fingerprint density at radius 2 is 1.03 bits per heavy atom. The second-order valence-electron chi connectivity index (χ2n) is 10.5. The van der Waals surface area contributed by atoms with Crippen molar-refractivity contribution in [3.8, 4) is 0 Å². The van der Waals surface area contributed by atoms with E-state index in [-0.39, 0.29) is 11.1 Å². The molecule has 7 heteroatoms. The Morgan fingerprint density at radius 3 is 1.43 bits per heavy atom. The molecule has 0 aliphatic heterocycles. The maximum atomic E-state index is 13.7. The second-order valence-corrected chi connectivity index (χ2v) is 14.0. The van der Waals surface area contributed by atoms with Crippen LogP contribution in [0.25, 0.3) is 20.2 Å². The Hall–Kier alpha value is -0.500. The summed E-state index contributed by atoms with van der Waals surface area (Å²) in [6.45, 7) is 5.05.